The fraction of sp³-hybridized carbons (Fsp3) is 0.414. The lowest BCUT2D eigenvalue weighted by Crippen LogP contribution is -2.51. The molecule has 0 spiro atoms. The topological polar surface area (TPSA) is 112 Å². The number of alkyl carbamates (subject to hydrolysis) is 1. The number of carbonyl (C=O) groups excluding carboxylic acids is 3. The first-order valence-electron chi connectivity index (χ1n) is 12.5. The molecule has 0 aliphatic rings. The van der Waals surface area contributed by atoms with Gasteiger partial charge in [0.25, 0.3) is 0 Å². The zero-order valence-electron chi connectivity index (χ0n) is 23.5. The van der Waals surface area contributed by atoms with Gasteiger partial charge in [0.15, 0.2) is 0 Å². The average Bonchev–Trinajstić information content (AvgIpc) is 2.87. The highest BCUT2D eigenvalue weighted by Crippen LogP contribution is 2.24. The number of hydrogen-bond acceptors (Lipinski definition) is 8. The van der Waals surface area contributed by atoms with Crippen LogP contribution in [0.15, 0.2) is 42.5 Å². The zero-order valence-corrected chi connectivity index (χ0v) is 24.3. The second-order valence-electron chi connectivity index (χ2n) is 9.91. The van der Waals surface area contributed by atoms with E-state index in [1.54, 1.807) is 53.2 Å². The van der Waals surface area contributed by atoms with Gasteiger partial charge >= 0.3 is 11.4 Å². The Hall–Kier alpha value is -3.66. The van der Waals surface area contributed by atoms with Crippen molar-refractivity contribution < 1.29 is 33.3 Å². The molecule has 39 heavy (non-hydrogen) atoms. The van der Waals surface area contributed by atoms with Crippen LogP contribution >= 0.6 is 11.8 Å². The van der Waals surface area contributed by atoms with Gasteiger partial charge in [0.05, 0.1) is 14.2 Å². The molecular weight excluding hydrogens is 520 g/mol. The lowest BCUT2D eigenvalue weighted by molar-refractivity contribution is -0.124. The van der Waals surface area contributed by atoms with Crippen LogP contribution in [0.1, 0.15) is 45.7 Å². The number of thioether (sulfide) groups is 1. The monoisotopic (exact) mass is 558 g/mol. The molecule has 1 unspecified atom stereocenters. The minimum atomic E-state index is -0.754. The van der Waals surface area contributed by atoms with Crippen molar-refractivity contribution in [1.82, 2.24) is 10.6 Å². The van der Waals surface area contributed by atoms with Crippen LogP contribution in [0.2, 0.25) is 0 Å². The molecule has 0 saturated heterocycles. The van der Waals surface area contributed by atoms with E-state index in [2.05, 4.69) is 10.6 Å². The van der Waals surface area contributed by atoms with E-state index in [0.717, 1.165) is 22.9 Å². The van der Waals surface area contributed by atoms with E-state index in [0.29, 0.717) is 23.0 Å². The van der Waals surface area contributed by atoms with E-state index >= 15 is 0 Å². The summed E-state index contributed by atoms with van der Waals surface area (Å²) in [6.45, 7) is 9.13. The Morgan fingerprint density at radius 1 is 0.897 bits per heavy atom. The largest absolute Gasteiger partial charge is 0.497 e. The molecule has 0 radical (unpaired) electrons. The number of nitrogens with one attached hydrogen (secondary N) is 2. The van der Waals surface area contributed by atoms with Gasteiger partial charge in [-0.1, -0.05) is 38.1 Å². The van der Waals surface area contributed by atoms with Crippen LogP contribution in [-0.4, -0.2) is 55.5 Å². The molecule has 10 heteroatoms. The van der Waals surface area contributed by atoms with Crippen LogP contribution in [0.5, 0.6) is 17.2 Å². The third-order valence-corrected chi connectivity index (χ3v) is 5.89. The average molecular weight is 559 g/mol. The summed E-state index contributed by atoms with van der Waals surface area (Å²) in [5.41, 5.74) is 1.18. The highest BCUT2D eigenvalue weighted by Gasteiger charge is 2.26. The Balaban J connectivity index is 1.79. The van der Waals surface area contributed by atoms with E-state index in [4.69, 9.17) is 18.9 Å². The third-order valence-electron chi connectivity index (χ3n) is 5.17. The number of hydrogen-bond donors (Lipinski definition) is 2. The van der Waals surface area contributed by atoms with E-state index in [-0.39, 0.29) is 18.4 Å². The van der Waals surface area contributed by atoms with Crippen molar-refractivity contribution in [2.75, 3.05) is 26.5 Å². The normalized spacial score (nSPS) is 12.1. The summed E-state index contributed by atoms with van der Waals surface area (Å²) in [7, 11) is 3.21. The highest BCUT2D eigenvalue weighted by atomic mass is 32.2. The Kier molecular flexibility index (Phi) is 12.2. The molecular formula is C29H38N2O7S. The van der Waals surface area contributed by atoms with Crippen LogP contribution in [0, 0.1) is 5.92 Å². The van der Waals surface area contributed by atoms with E-state index in [9.17, 15) is 14.4 Å². The summed E-state index contributed by atoms with van der Waals surface area (Å²) in [6, 6.07) is 11.9. The summed E-state index contributed by atoms with van der Waals surface area (Å²) in [5, 5.41) is 4.86. The third kappa shape index (κ3) is 11.7. The molecule has 0 fully saturated rings. The molecule has 0 aromatic heterocycles. The number of methoxy groups -OCH3 is 2. The second-order valence-corrected chi connectivity index (χ2v) is 10.9. The summed E-state index contributed by atoms with van der Waals surface area (Å²) >= 11 is 0.948. The summed E-state index contributed by atoms with van der Waals surface area (Å²) in [6.07, 6.45) is 3.21. The molecule has 9 nitrogen and oxygen atoms in total. The van der Waals surface area contributed by atoms with Crippen molar-refractivity contribution in [3.8, 4) is 17.2 Å². The molecule has 0 aliphatic heterocycles. The van der Waals surface area contributed by atoms with Crippen molar-refractivity contribution in [1.29, 1.82) is 0 Å². The van der Waals surface area contributed by atoms with Gasteiger partial charge < -0.3 is 29.6 Å². The number of amides is 2. The Morgan fingerprint density at radius 3 is 2.03 bits per heavy atom. The van der Waals surface area contributed by atoms with Gasteiger partial charge in [0.1, 0.15) is 28.9 Å². The van der Waals surface area contributed by atoms with E-state index < -0.39 is 23.0 Å². The molecule has 2 aromatic rings. The van der Waals surface area contributed by atoms with Gasteiger partial charge in [-0.25, -0.2) is 9.59 Å². The summed E-state index contributed by atoms with van der Waals surface area (Å²) in [4.78, 5) is 36.8. The molecule has 0 heterocycles. The van der Waals surface area contributed by atoms with Gasteiger partial charge in [-0.3, -0.25) is 4.79 Å². The summed E-state index contributed by atoms with van der Waals surface area (Å²) in [5.74, 6) is 1.63. The van der Waals surface area contributed by atoms with Crippen molar-refractivity contribution in [3.63, 3.8) is 0 Å². The zero-order chi connectivity index (χ0) is 29.0. The molecule has 0 bridgehead atoms. The maximum atomic E-state index is 12.5. The lowest BCUT2D eigenvalue weighted by atomic mass is 10.0. The van der Waals surface area contributed by atoms with E-state index in [1.807, 2.05) is 50.3 Å². The molecule has 2 aromatic carbocycles. The Labute approximate surface area is 234 Å². The quantitative estimate of drug-likeness (QED) is 0.203. The lowest BCUT2D eigenvalue weighted by Gasteiger charge is -2.25. The van der Waals surface area contributed by atoms with Crippen LogP contribution in [0.25, 0.3) is 12.2 Å². The van der Waals surface area contributed by atoms with Crippen LogP contribution in [0.3, 0.4) is 0 Å². The minimum Gasteiger partial charge on any atom is -0.497 e. The minimum absolute atomic E-state index is 0.147. The summed E-state index contributed by atoms with van der Waals surface area (Å²) < 4.78 is 21.2. The standard InChI is InChI=1S/C29H38N2O7S/c1-19(2)25(31-27(33)38-29(3,4)5)26(32)30-14-15-39-28(34)37-22-12-10-20(11-13-22)8-9-21-16-23(35-6)18-24(17-21)36-7/h8-13,16-19,25H,14-15H2,1-7H3,(H,30,32)(H,31,33)/b9-8+. The van der Waals surface area contributed by atoms with Crippen LogP contribution in [-0.2, 0) is 9.53 Å². The van der Waals surface area contributed by atoms with Crippen LogP contribution < -0.4 is 24.8 Å². The SMILES string of the molecule is COc1cc(/C=C/c2ccc(OC(=O)SCCNC(=O)C(NC(=O)OC(C)(C)C)C(C)C)cc2)cc(OC)c1. The predicted octanol–water partition coefficient (Wildman–Crippen LogP) is 5.77. The predicted molar refractivity (Wildman–Crippen MR) is 154 cm³/mol. The molecule has 1 atom stereocenters. The highest BCUT2D eigenvalue weighted by molar-refractivity contribution is 8.13. The maximum absolute atomic E-state index is 12.5. The molecule has 0 aliphatic carbocycles. The van der Waals surface area contributed by atoms with Crippen molar-refractivity contribution in [2.45, 2.75) is 46.3 Å². The van der Waals surface area contributed by atoms with Gasteiger partial charge in [0, 0.05) is 18.4 Å². The van der Waals surface area contributed by atoms with Crippen LogP contribution in [0.4, 0.5) is 9.59 Å². The smallest absolute Gasteiger partial charge is 0.408 e. The van der Waals surface area contributed by atoms with Crippen molar-refractivity contribution in [3.05, 3.63) is 53.6 Å². The van der Waals surface area contributed by atoms with Gasteiger partial charge in [-0.05, 0) is 73.8 Å². The molecule has 0 saturated carbocycles. The van der Waals surface area contributed by atoms with Crippen molar-refractivity contribution >= 4 is 41.2 Å². The first-order chi connectivity index (χ1) is 18.4. The van der Waals surface area contributed by atoms with Gasteiger partial charge in [0.2, 0.25) is 5.91 Å². The Bertz CT molecular complexity index is 1120. The first kappa shape index (κ1) is 31.6. The first-order valence-corrected chi connectivity index (χ1v) is 13.5. The fourth-order valence-corrected chi connectivity index (χ4v) is 3.80. The van der Waals surface area contributed by atoms with Gasteiger partial charge in [-0.15, -0.1) is 0 Å². The maximum Gasteiger partial charge on any atom is 0.408 e. The van der Waals surface area contributed by atoms with Crippen molar-refractivity contribution in [2.24, 2.45) is 5.92 Å². The second kappa shape index (κ2) is 15.1. The molecule has 2 rings (SSSR count). The number of rotatable bonds is 11. The van der Waals surface area contributed by atoms with Gasteiger partial charge in [-0.2, -0.15) is 0 Å². The molecule has 2 N–H and O–H groups in total. The number of benzene rings is 2. The number of carbonyl (C=O) groups is 3. The molecule has 2 amide bonds. The number of ether oxygens (including phenoxy) is 4. The van der Waals surface area contributed by atoms with E-state index in [1.165, 1.54) is 0 Å². The Morgan fingerprint density at radius 2 is 1.49 bits per heavy atom. The molecule has 212 valence electrons. The fourth-order valence-electron chi connectivity index (χ4n) is 3.28.